The van der Waals surface area contributed by atoms with Crippen molar-refractivity contribution >= 4 is 17.7 Å². The van der Waals surface area contributed by atoms with Gasteiger partial charge < -0.3 is 9.47 Å². The van der Waals surface area contributed by atoms with Crippen molar-refractivity contribution in [3.05, 3.63) is 12.7 Å². The Morgan fingerprint density at radius 3 is 1.71 bits per heavy atom. The molecule has 0 aromatic rings. The minimum Gasteiger partial charge on any atom is -0.465 e. The first-order valence-electron chi connectivity index (χ1n) is 5.52. The molecule has 96 valence electrons. The number of hydrogen-bond acceptors (Lipinski definition) is 5. The van der Waals surface area contributed by atoms with Gasteiger partial charge in [-0.1, -0.05) is 13.5 Å². The van der Waals surface area contributed by atoms with Crippen molar-refractivity contribution in [3.63, 3.8) is 0 Å². The quantitative estimate of drug-likeness (QED) is 0.382. The minimum atomic E-state index is -1.91. The van der Waals surface area contributed by atoms with Crippen molar-refractivity contribution in [3.8, 4) is 0 Å². The van der Waals surface area contributed by atoms with Gasteiger partial charge in [-0.05, 0) is 26.3 Å². The highest BCUT2D eigenvalue weighted by molar-refractivity contribution is 6.23. The highest BCUT2D eigenvalue weighted by Crippen LogP contribution is 2.28. The molecule has 0 aromatic carbocycles. The Kier molecular flexibility index (Phi) is 6.17. The molecular weight excluding hydrogens is 224 g/mol. The molecule has 0 aromatic heterocycles. The Balaban J connectivity index is 5.43. The number of ketones is 1. The van der Waals surface area contributed by atoms with Crippen LogP contribution in [0, 0.1) is 5.41 Å². The van der Waals surface area contributed by atoms with Crippen LogP contribution in [0.4, 0.5) is 0 Å². The molecule has 0 atom stereocenters. The van der Waals surface area contributed by atoms with Gasteiger partial charge in [0.1, 0.15) is 0 Å². The summed E-state index contributed by atoms with van der Waals surface area (Å²) in [6, 6.07) is 0. The fourth-order valence-corrected chi connectivity index (χ4v) is 1.43. The second-order valence-corrected chi connectivity index (χ2v) is 3.27. The highest BCUT2D eigenvalue weighted by atomic mass is 16.6. The second kappa shape index (κ2) is 6.83. The van der Waals surface area contributed by atoms with Gasteiger partial charge in [-0.15, -0.1) is 0 Å². The van der Waals surface area contributed by atoms with E-state index in [4.69, 9.17) is 9.47 Å². The molecule has 5 nitrogen and oxygen atoms in total. The van der Waals surface area contributed by atoms with Crippen molar-refractivity contribution in [1.82, 2.24) is 0 Å². The van der Waals surface area contributed by atoms with Gasteiger partial charge in [-0.3, -0.25) is 14.4 Å². The fraction of sp³-hybridized carbons (Fsp3) is 0.583. The van der Waals surface area contributed by atoms with E-state index in [9.17, 15) is 14.4 Å². The Hall–Kier alpha value is -1.65. The molecule has 5 heteroatoms. The first-order valence-corrected chi connectivity index (χ1v) is 5.52. The van der Waals surface area contributed by atoms with Crippen LogP contribution in [0.15, 0.2) is 12.7 Å². The molecule has 0 heterocycles. The van der Waals surface area contributed by atoms with Gasteiger partial charge in [0.15, 0.2) is 5.78 Å². The van der Waals surface area contributed by atoms with Gasteiger partial charge >= 0.3 is 11.9 Å². The molecule has 17 heavy (non-hydrogen) atoms. The lowest BCUT2D eigenvalue weighted by atomic mass is 9.80. The van der Waals surface area contributed by atoms with E-state index in [-0.39, 0.29) is 19.6 Å². The molecule has 0 spiro atoms. The van der Waals surface area contributed by atoms with Crippen LogP contribution in [-0.2, 0) is 23.9 Å². The summed E-state index contributed by atoms with van der Waals surface area (Å²) in [4.78, 5) is 35.4. The van der Waals surface area contributed by atoms with Crippen LogP contribution in [0.3, 0.4) is 0 Å². The Morgan fingerprint density at radius 1 is 1.06 bits per heavy atom. The predicted octanol–water partition coefficient (Wildman–Crippen LogP) is 1.26. The summed E-state index contributed by atoms with van der Waals surface area (Å²) < 4.78 is 9.56. The molecule has 0 rings (SSSR count). The Morgan fingerprint density at radius 2 is 1.47 bits per heavy atom. The molecule has 0 aliphatic rings. The van der Waals surface area contributed by atoms with Gasteiger partial charge in [0.05, 0.1) is 13.2 Å². The Labute approximate surface area is 101 Å². The molecular formula is C12H18O5. The summed E-state index contributed by atoms with van der Waals surface area (Å²) in [5, 5.41) is 0. The molecule has 0 unspecified atom stereocenters. The molecule has 0 saturated carbocycles. The monoisotopic (exact) mass is 242 g/mol. The summed E-state index contributed by atoms with van der Waals surface area (Å²) >= 11 is 0. The van der Waals surface area contributed by atoms with Crippen LogP contribution in [0.25, 0.3) is 0 Å². The largest absolute Gasteiger partial charge is 0.465 e. The third-order valence-electron chi connectivity index (χ3n) is 2.38. The topological polar surface area (TPSA) is 69.7 Å². The van der Waals surface area contributed by atoms with Crippen molar-refractivity contribution in [2.75, 3.05) is 13.2 Å². The number of carbonyl (C=O) groups excluding carboxylic acids is 3. The van der Waals surface area contributed by atoms with Crippen LogP contribution in [0.2, 0.25) is 0 Å². The van der Waals surface area contributed by atoms with Gasteiger partial charge in [0, 0.05) is 0 Å². The van der Waals surface area contributed by atoms with E-state index in [1.54, 1.807) is 20.8 Å². The number of allylic oxidation sites excluding steroid dienone is 1. The van der Waals surface area contributed by atoms with Gasteiger partial charge in [0.2, 0.25) is 5.41 Å². The van der Waals surface area contributed by atoms with Crippen LogP contribution in [0.5, 0.6) is 0 Å². The zero-order chi connectivity index (χ0) is 13.5. The van der Waals surface area contributed by atoms with Crippen molar-refractivity contribution in [2.24, 2.45) is 5.41 Å². The summed E-state index contributed by atoms with van der Waals surface area (Å²) in [7, 11) is 0. The van der Waals surface area contributed by atoms with E-state index in [0.717, 1.165) is 6.08 Å². The smallest absolute Gasteiger partial charge is 0.331 e. The number of ether oxygens (including phenoxy) is 2. The predicted molar refractivity (Wildman–Crippen MR) is 61.2 cm³/mol. The second-order valence-electron chi connectivity index (χ2n) is 3.27. The average molecular weight is 242 g/mol. The maximum atomic E-state index is 11.8. The SMILES string of the molecule is C=CC(=O)C(CC)(C(=O)OCC)C(=O)OCC. The molecule has 0 saturated heterocycles. The van der Waals surface area contributed by atoms with Crippen molar-refractivity contribution < 1.29 is 23.9 Å². The number of carbonyl (C=O) groups is 3. The van der Waals surface area contributed by atoms with E-state index in [1.807, 2.05) is 0 Å². The lowest BCUT2D eigenvalue weighted by Crippen LogP contribution is -2.47. The van der Waals surface area contributed by atoms with E-state index < -0.39 is 23.1 Å². The normalized spacial score (nSPS) is 10.5. The van der Waals surface area contributed by atoms with Crippen molar-refractivity contribution in [1.29, 1.82) is 0 Å². The molecule has 0 aliphatic carbocycles. The first kappa shape index (κ1) is 15.3. The van der Waals surface area contributed by atoms with E-state index >= 15 is 0 Å². The summed E-state index contributed by atoms with van der Waals surface area (Å²) in [5.41, 5.74) is -1.91. The Bertz CT molecular complexity index is 301. The maximum Gasteiger partial charge on any atom is 0.331 e. The summed E-state index contributed by atoms with van der Waals surface area (Å²) in [5.74, 6) is -2.46. The maximum absolute atomic E-state index is 11.8. The minimum absolute atomic E-state index is 0.0183. The van der Waals surface area contributed by atoms with Crippen LogP contribution in [0.1, 0.15) is 27.2 Å². The molecule has 0 fully saturated rings. The van der Waals surface area contributed by atoms with Crippen LogP contribution < -0.4 is 0 Å². The van der Waals surface area contributed by atoms with Crippen LogP contribution in [-0.4, -0.2) is 30.9 Å². The van der Waals surface area contributed by atoms with Gasteiger partial charge in [-0.2, -0.15) is 0 Å². The number of hydrogen-bond donors (Lipinski definition) is 0. The zero-order valence-electron chi connectivity index (χ0n) is 10.4. The standard InChI is InChI=1S/C12H18O5/c1-5-9(13)12(6-2,10(14)16-7-3)11(15)17-8-4/h5H,1,6-8H2,2-4H3. The molecule has 0 N–H and O–H groups in total. The highest BCUT2D eigenvalue weighted by Gasteiger charge is 2.52. The molecule has 0 aliphatic heterocycles. The lowest BCUT2D eigenvalue weighted by Gasteiger charge is -2.25. The summed E-state index contributed by atoms with van der Waals surface area (Å²) in [6.07, 6.45) is 0.923. The molecule has 0 amide bonds. The van der Waals surface area contributed by atoms with E-state index in [0.29, 0.717) is 0 Å². The fourth-order valence-electron chi connectivity index (χ4n) is 1.43. The first-order chi connectivity index (χ1) is 8.00. The van der Waals surface area contributed by atoms with Gasteiger partial charge in [0.25, 0.3) is 0 Å². The van der Waals surface area contributed by atoms with E-state index in [2.05, 4.69) is 6.58 Å². The lowest BCUT2D eigenvalue weighted by molar-refractivity contribution is -0.173. The average Bonchev–Trinajstić information content (AvgIpc) is 2.31. The number of rotatable bonds is 7. The number of esters is 2. The van der Waals surface area contributed by atoms with E-state index in [1.165, 1.54) is 0 Å². The summed E-state index contributed by atoms with van der Waals surface area (Å²) in [6.45, 7) is 8.22. The van der Waals surface area contributed by atoms with Gasteiger partial charge in [-0.25, -0.2) is 0 Å². The third kappa shape index (κ3) is 2.93. The molecule has 0 bridgehead atoms. The molecule has 0 radical (unpaired) electrons. The van der Waals surface area contributed by atoms with Crippen molar-refractivity contribution in [2.45, 2.75) is 27.2 Å². The zero-order valence-corrected chi connectivity index (χ0v) is 10.4. The van der Waals surface area contributed by atoms with Crippen LogP contribution >= 0.6 is 0 Å². The third-order valence-corrected chi connectivity index (χ3v) is 2.38.